The van der Waals surface area contributed by atoms with Crippen molar-refractivity contribution in [1.29, 1.82) is 0 Å². The van der Waals surface area contributed by atoms with E-state index in [1.807, 2.05) is 20.8 Å². The monoisotopic (exact) mass is 129 g/mol. The van der Waals surface area contributed by atoms with Crippen LogP contribution in [0.2, 0.25) is 0 Å². The van der Waals surface area contributed by atoms with Crippen molar-refractivity contribution in [1.82, 2.24) is 5.43 Å². The first-order valence-corrected chi connectivity index (χ1v) is 3.13. The molecule has 0 fully saturated rings. The van der Waals surface area contributed by atoms with E-state index in [1.165, 1.54) is 0 Å². The Kier molecular flexibility index (Phi) is 4.05. The molecule has 3 nitrogen and oxygen atoms in total. The zero-order chi connectivity index (χ0) is 7.28. The van der Waals surface area contributed by atoms with Crippen molar-refractivity contribution in [3.8, 4) is 0 Å². The van der Waals surface area contributed by atoms with Crippen LogP contribution in [-0.2, 0) is 0 Å². The summed E-state index contributed by atoms with van der Waals surface area (Å²) in [4.78, 5) is 0. The van der Waals surface area contributed by atoms with E-state index in [0.29, 0.717) is 6.54 Å². The lowest BCUT2D eigenvalue weighted by Gasteiger charge is -2.06. The van der Waals surface area contributed by atoms with Gasteiger partial charge < -0.3 is 11.2 Å². The molecular weight excluding hydrogens is 114 g/mol. The molecule has 0 bridgehead atoms. The number of hydrogen-bond acceptors (Lipinski definition) is 3. The Hall–Kier alpha value is -0.570. The Balaban J connectivity index is 3.37. The molecule has 0 radical (unpaired) electrons. The van der Waals surface area contributed by atoms with Crippen LogP contribution in [0.4, 0.5) is 0 Å². The van der Waals surface area contributed by atoms with Crippen molar-refractivity contribution >= 4 is 5.71 Å². The number of nitrogens with zero attached hydrogens (tertiary/aromatic N) is 1. The van der Waals surface area contributed by atoms with Gasteiger partial charge in [-0.3, -0.25) is 0 Å². The maximum absolute atomic E-state index is 5.33. The highest BCUT2D eigenvalue weighted by Gasteiger charge is 1.91. The van der Waals surface area contributed by atoms with Gasteiger partial charge in [-0.15, -0.1) is 0 Å². The fraction of sp³-hybridized carbons (Fsp3) is 0.833. The highest BCUT2D eigenvalue weighted by Crippen LogP contribution is 1.76. The second-order valence-corrected chi connectivity index (χ2v) is 2.32. The molecule has 54 valence electrons. The molecule has 0 aromatic heterocycles. The van der Waals surface area contributed by atoms with Crippen molar-refractivity contribution in [3.63, 3.8) is 0 Å². The number of nitrogens with two attached hydrogens (primary N) is 1. The maximum Gasteiger partial charge on any atom is 0.0534 e. The molecule has 9 heavy (non-hydrogen) atoms. The first-order chi connectivity index (χ1) is 4.16. The van der Waals surface area contributed by atoms with Gasteiger partial charge in [0, 0.05) is 12.3 Å². The lowest BCUT2D eigenvalue weighted by Crippen LogP contribution is -2.29. The van der Waals surface area contributed by atoms with E-state index in [4.69, 9.17) is 5.73 Å². The van der Waals surface area contributed by atoms with Gasteiger partial charge in [-0.05, 0) is 20.8 Å². The zero-order valence-electron chi connectivity index (χ0n) is 6.31. The molecule has 1 unspecified atom stereocenters. The van der Waals surface area contributed by atoms with Crippen LogP contribution in [0.1, 0.15) is 20.8 Å². The largest absolute Gasteiger partial charge is 0.328 e. The van der Waals surface area contributed by atoms with Crippen LogP contribution in [0.5, 0.6) is 0 Å². The fourth-order valence-electron chi connectivity index (χ4n) is 0.292. The molecule has 0 aromatic carbocycles. The van der Waals surface area contributed by atoms with E-state index in [9.17, 15) is 0 Å². The molecule has 0 saturated carbocycles. The third kappa shape index (κ3) is 5.30. The summed E-state index contributed by atoms with van der Waals surface area (Å²) in [5.41, 5.74) is 9.24. The van der Waals surface area contributed by atoms with Crippen LogP contribution < -0.4 is 11.2 Å². The van der Waals surface area contributed by atoms with Gasteiger partial charge in [0.1, 0.15) is 0 Å². The van der Waals surface area contributed by atoms with Crippen LogP contribution in [0.3, 0.4) is 0 Å². The van der Waals surface area contributed by atoms with E-state index >= 15 is 0 Å². The minimum atomic E-state index is 0.278. The normalized spacial score (nSPS) is 12.4. The van der Waals surface area contributed by atoms with Crippen LogP contribution >= 0.6 is 0 Å². The second kappa shape index (κ2) is 4.32. The van der Waals surface area contributed by atoms with Crippen molar-refractivity contribution in [2.75, 3.05) is 6.54 Å². The predicted molar refractivity (Wildman–Crippen MR) is 40.4 cm³/mol. The fourth-order valence-corrected chi connectivity index (χ4v) is 0.292. The van der Waals surface area contributed by atoms with Crippen LogP contribution in [0.25, 0.3) is 0 Å². The van der Waals surface area contributed by atoms with Crippen LogP contribution in [-0.4, -0.2) is 18.3 Å². The molecule has 0 aliphatic heterocycles. The zero-order valence-corrected chi connectivity index (χ0v) is 6.31. The number of rotatable bonds is 3. The summed E-state index contributed by atoms with van der Waals surface area (Å²) in [6.45, 7) is 6.50. The second-order valence-electron chi connectivity index (χ2n) is 2.32. The summed E-state index contributed by atoms with van der Waals surface area (Å²) in [6.07, 6.45) is 0. The van der Waals surface area contributed by atoms with Gasteiger partial charge in [0.25, 0.3) is 0 Å². The van der Waals surface area contributed by atoms with E-state index in [-0.39, 0.29) is 6.04 Å². The average molecular weight is 129 g/mol. The van der Waals surface area contributed by atoms with Crippen molar-refractivity contribution in [2.45, 2.75) is 26.8 Å². The topological polar surface area (TPSA) is 50.4 Å². The quantitative estimate of drug-likeness (QED) is 0.426. The molecule has 0 aliphatic rings. The first kappa shape index (κ1) is 8.43. The van der Waals surface area contributed by atoms with Gasteiger partial charge in [-0.1, -0.05) is 0 Å². The molecule has 3 N–H and O–H groups in total. The standard InChI is InChI=1S/C6H15N3/c1-5(2)8-9-6(3)4-7/h6,9H,4,7H2,1-3H3. The number of hydrazone groups is 1. The van der Waals surface area contributed by atoms with Gasteiger partial charge in [0.15, 0.2) is 0 Å². The van der Waals surface area contributed by atoms with Crippen LogP contribution in [0, 0.1) is 0 Å². The summed E-state index contributed by atoms with van der Waals surface area (Å²) in [7, 11) is 0. The van der Waals surface area contributed by atoms with E-state index in [2.05, 4.69) is 10.5 Å². The molecule has 0 amide bonds. The molecule has 0 spiro atoms. The number of hydrogen-bond donors (Lipinski definition) is 2. The summed E-state index contributed by atoms with van der Waals surface area (Å²) < 4.78 is 0. The molecule has 0 heterocycles. The molecule has 1 atom stereocenters. The Bertz CT molecular complexity index is 94.5. The molecule has 0 saturated heterocycles. The van der Waals surface area contributed by atoms with Crippen molar-refractivity contribution in [2.24, 2.45) is 10.8 Å². The Morgan fingerprint density at radius 3 is 2.56 bits per heavy atom. The Morgan fingerprint density at radius 2 is 2.22 bits per heavy atom. The lowest BCUT2D eigenvalue weighted by atomic mass is 10.4. The van der Waals surface area contributed by atoms with Gasteiger partial charge in [0.2, 0.25) is 0 Å². The maximum atomic E-state index is 5.33. The molecule has 0 aromatic rings. The third-order valence-electron chi connectivity index (χ3n) is 0.862. The van der Waals surface area contributed by atoms with Gasteiger partial charge in [0.05, 0.1) is 6.04 Å². The molecular formula is C6H15N3. The minimum absolute atomic E-state index is 0.278. The Labute approximate surface area is 56.3 Å². The average Bonchev–Trinajstić information content (AvgIpc) is 1.83. The summed E-state index contributed by atoms with van der Waals surface area (Å²) in [6, 6.07) is 0.278. The van der Waals surface area contributed by atoms with Gasteiger partial charge >= 0.3 is 0 Å². The first-order valence-electron chi connectivity index (χ1n) is 3.13. The minimum Gasteiger partial charge on any atom is -0.328 e. The third-order valence-corrected chi connectivity index (χ3v) is 0.862. The molecule has 0 aliphatic carbocycles. The highest BCUT2D eigenvalue weighted by atomic mass is 15.3. The van der Waals surface area contributed by atoms with Crippen LogP contribution in [0.15, 0.2) is 5.10 Å². The smallest absolute Gasteiger partial charge is 0.0534 e. The van der Waals surface area contributed by atoms with E-state index < -0.39 is 0 Å². The molecule has 3 heteroatoms. The highest BCUT2D eigenvalue weighted by molar-refractivity contribution is 5.78. The predicted octanol–water partition coefficient (Wildman–Crippen LogP) is 0.319. The van der Waals surface area contributed by atoms with E-state index in [0.717, 1.165) is 5.71 Å². The lowest BCUT2D eigenvalue weighted by molar-refractivity contribution is 0.582. The van der Waals surface area contributed by atoms with Gasteiger partial charge in [-0.25, -0.2) is 0 Å². The Morgan fingerprint density at radius 1 is 1.67 bits per heavy atom. The molecule has 0 rings (SSSR count). The van der Waals surface area contributed by atoms with E-state index in [1.54, 1.807) is 0 Å². The van der Waals surface area contributed by atoms with Crippen molar-refractivity contribution < 1.29 is 0 Å². The summed E-state index contributed by atoms with van der Waals surface area (Å²) >= 11 is 0. The summed E-state index contributed by atoms with van der Waals surface area (Å²) in [5.74, 6) is 0. The van der Waals surface area contributed by atoms with Gasteiger partial charge in [-0.2, -0.15) is 5.10 Å². The van der Waals surface area contributed by atoms with Crippen molar-refractivity contribution in [3.05, 3.63) is 0 Å². The number of nitrogens with one attached hydrogen (secondary N) is 1. The SMILES string of the molecule is CC(C)=NNC(C)CN. The summed E-state index contributed by atoms with van der Waals surface area (Å²) in [5, 5.41) is 3.98.